The van der Waals surface area contributed by atoms with Crippen molar-refractivity contribution in [1.29, 1.82) is 0 Å². The number of hydrogen-bond acceptors (Lipinski definition) is 0. The Morgan fingerprint density at radius 2 is 0.861 bits per heavy atom. The molecule has 2 aromatic carbocycles. The van der Waals surface area contributed by atoms with E-state index in [-0.39, 0.29) is 0 Å². The second-order valence-electron chi connectivity index (χ2n) is 11.1. The van der Waals surface area contributed by atoms with E-state index in [1.807, 2.05) is 0 Å². The van der Waals surface area contributed by atoms with Gasteiger partial charge in [-0.2, -0.15) is 0 Å². The Labute approximate surface area is 225 Å². The largest absolute Gasteiger partial charge is 0.0654 e. The SMILES string of the molecule is CCCCCCc1cc(-c2ccccc2)c(CCCCCC)c(CCCCCC)c1CCCCCC. The van der Waals surface area contributed by atoms with Crippen LogP contribution in [0.4, 0.5) is 0 Å². The molecular weight excluding hydrogens is 432 g/mol. The molecule has 0 aliphatic carbocycles. The van der Waals surface area contributed by atoms with Crippen molar-refractivity contribution in [3.8, 4) is 11.1 Å². The van der Waals surface area contributed by atoms with Gasteiger partial charge in [-0.05, 0) is 84.7 Å². The van der Waals surface area contributed by atoms with Crippen LogP contribution in [0.5, 0.6) is 0 Å². The van der Waals surface area contributed by atoms with Crippen molar-refractivity contribution in [2.45, 2.75) is 156 Å². The standard InChI is InChI=1S/C36H58/c1-5-9-13-18-26-32-30-36(31-24-19-17-20-25-31)35(29-23-16-12-8-4)34(28-22-15-11-7-3)33(32)27-21-14-10-6-2/h17,19-20,24-25,30H,5-16,18,21-23,26-29H2,1-4H3. The van der Waals surface area contributed by atoms with Gasteiger partial charge < -0.3 is 0 Å². The summed E-state index contributed by atoms with van der Waals surface area (Å²) in [6.45, 7) is 9.33. The first-order valence-corrected chi connectivity index (χ1v) is 16.0. The molecule has 0 N–H and O–H groups in total. The van der Waals surface area contributed by atoms with Crippen LogP contribution in [0, 0.1) is 0 Å². The molecule has 0 aromatic heterocycles. The third kappa shape index (κ3) is 10.8. The summed E-state index contributed by atoms with van der Waals surface area (Å²) in [5.41, 5.74) is 9.92. The number of hydrogen-bond donors (Lipinski definition) is 0. The minimum atomic E-state index is 1.26. The van der Waals surface area contributed by atoms with E-state index in [0.29, 0.717) is 0 Å². The average Bonchev–Trinajstić information content (AvgIpc) is 2.91. The maximum absolute atomic E-state index is 2.65. The summed E-state index contributed by atoms with van der Waals surface area (Å²) >= 11 is 0. The highest BCUT2D eigenvalue weighted by Gasteiger charge is 2.18. The molecule has 36 heavy (non-hydrogen) atoms. The lowest BCUT2D eigenvalue weighted by Gasteiger charge is -2.24. The molecule has 0 aliphatic rings. The van der Waals surface area contributed by atoms with E-state index in [9.17, 15) is 0 Å². The molecule has 0 saturated carbocycles. The Balaban J connectivity index is 2.53. The molecule has 0 fully saturated rings. The smallest absolute Gasteiger partial charge is 0.0146 e. The van der Waals surface area contributed by atoms with Crippen molar-refractivity contribution >= 4 is 0 Å². The number of unbranched alkanes of at least 4 members (excludes halogenated alkanes) is 12. The highest BCUT2D eigenvalue weighted by molar-refractivity contribution is 5.71. The number of rotatable bonds is 21. The lowest BCUT2D eigenvalue weighted by Crippen LogP contribution is -2.09. The van der Waals surface area contributed by atoms with Crippen LogP contribution in [0.1, 0.15) is 153 Å². The minimum Gasteiger partial charge on any atom is -0.0654 e. The van der Waals surface area contributed by atoms with Gasteiger partial charge in [0.15, 0.2) is 0 Å². The van der Waals surface area contributed by atoms with Crippen LogP contribution in [0.15, 0.2) is 36.4 Å². The molecule has 0 aliphatic heterocycles. The van der Waals surface area contributed by atoms with Gasteiger partial charge in [0.2, 0.25) is 0 Å². The quantitative estimate of drug-likeness (QED) is 0.153. The Hall–Kier alpha value is -1.56. The van der Waals surface area contributed by atoms with E-state index in [2.05, 4.69) is 64.1 Å². The number of benzene rings is 2. The van der Waals surface area contributed by atoms with Crippen LogP contribution < -0.4 is 0 Å². The molecule has 0 saturated heterocycles. The molecule has 0 radical (unpaired) electrons. The van der Waals surface area contributed by atoms with Crippen molar-refractivity contribution in [1.82, 2.24) is 0 Å². The summed E-state index contributed by atoms with van der Waals surface area (Å²) in [6.07, 6.45) is 26.8. The van der Waals surface area contributed by atoms with Gasteiger partial charge in [-0.3, -0.25) is 0 Å². The van der Waals surface area contributed by atoms with Gasteiger partial charge in [0, 0.05) is 0 Å². The fourth-order valence-electron chi connectivity index (χ4n) is 5.81. The van der Waals surface area contributed by atoms with Gasteiger partial charge >= 0.3 is 0 Å². The maximum Gasteiger partial charge on any atom is -0.0146 e. The molecule has 2 aromatic rings. The first kappa shape index (κ1) is 30.7. The monoisotopic (exact) mass is 490 g/mol. The van der Waals surface area contributed by atoms with Gasteiger partial charge in [-0.25, -0.2) is 0 Å². The first-order chi connectivity index (χ1) is 17.8. The molecule has 2 rings (SSSR count). The molecule has 0 heteroatoms. The number of aryl methyl sites for hydroxylation is 1. The van der Waals surface area contributed by atoms with Crippen molar-refractivity contribution in [3.63, 3.8) is 0 Å². The lowest BCUT2D eigenvalue weighted by atomic mass is 9.81. The summed E-state index contributed by atoms with van der Waals surface area (Å²) in [6, 6.07) is 14.0. The van der Waals surface area contributed by atoms with E-state index in [1.54, 1.807) is 27.8 Å². The summed E-state index contributed by atoms with van der Waals surface area (Å²) < 4.78 is 0. The predicted octanol–water partition coefficient (Wildman–Crippen LogP) is 11.8. The molecule has 0 nitrogen and oxygen atoms in total. The van der Waals surface area contributed by atoms with E-state index in [1.165, 1.54) is 134 Å². The fourth-order valence-corrected chi connectivity index (χ4v) is 5.81. The van der Waals surface area contributed by atoms with Gasteiger partial charge in [0.25, 0.3) is 0 Å². The fraction of sp³-hybridized carbons (Fsp3) is 0.667. The second-order valence-corrected chi connectivity index (χ2v) is 11.1. The van der Waals surface area contributed by atoms with Crippen LogP contribution in [0.2, 0.25) is 0 Å². The van der Waals surface area contributed by atoms with E-state index in [0.717, 1.165) is 0 Å². The third-order valence-electron chi connectivity index (χ3n) is 7.99. The molecular formula is C36H58. The highest BCUT2D eigenvalue weighted by atomic mass is 14.2. The zero-order chi connectivity index (χ0) is 25.8. The Morgan fingerprint density at radius 1 is 0.417 bits per heavy atom. The maximum atomic E-state index is 2.65. The molecule has 0 amide bonds. The van der Waals surface area contributed by atoms with Gasteiger partial charge in [0.1, 0.15) is 0 Å². The Kier molecular flexibility index (Phi) is 16.6. The minimum absolute atomic E-state index is 1.26. The Bertz CT molecular complexity index is 801. The van der Waals surface area contributed by atoms with Crippen LogP contribution in [-0.2, 0) is 25.7 Å². The zero-order valence-electron chi connectivity index (χ0n) is 24.6. The average molecular weight is 491 g/mol. The topological polar surface area (TPSA) is 0 Å². The van der Waals surface area contributed by atoms with Gasteiger partial charge in [-0.1, -0.05) is 141 Å². The predicted molar refractivity (Wildman–Crippen MR) is 163 cm³/mol. The van der Waals surface area contributed by atoms with Gasteiger partial charge in [0.05, 0.1) is 0 Å². The van der Waals surface area contributed by atoms with E-state index < -0.39 is 0 Å². The summed E-state index contributed by atoms with van der Waals surface area (Å²) in [5, 5.41) is 0. The molecule has 0 unspecified atom stereocenters. The third-order valence-corrected chi connectivity index (χ3v) is 7.99. The molecule has 0 atom stereocenters. The summed E-state index contributed by atoms with van der Waals surface area (Å²) in [5.74, 6) is 0. The van der Waals surface area contributed by atoms with Crippen LogP contribution >= 0.6 is 0 Å². The normalized spacial score (nSPS) is 11.3. The summed E-state index contributed by atoms with van der Waals surface area (Å²) in [4.78, 5) is 0. The molecule has 0 heterocycles. The summed E-state index contributed by atoms with van der Waals surface area (Å²) in [7, 11) is 0. The van der Waals surface area contributed by atoms with Crippen molar-refractivity contribution in [2.75, 3.05) is 0 Å². The Morgan fingerprint density at radius 3 is 1.36 bits per heavy atom. The molecule has 0 bridgehead atoms. The zero-order valence-corrected chi connectivity index (χ0v) is 24.6. The second kappa shape index (κ2) is 19.5. The molecule has 0 spiro atoms. The van der Waals surface area contributed by atoms with Crippen molar-refractivity contribution < 1.29 is 0 Å². The van der Waals surface area contributed by atoms with Crippen LogP contribution in [0.25, 0.3) is 11.1 Å². The van der Waals surface area contributed by atoms with Crippen LogP contribution in [0.3, 0.4) is 0 Å². The van der Waals surface area contributed by atoms with E-state index in [4.69, 9.17) is 0 Å². The van der Waals surface area contributed by atoms with E-state index >= 15 is 0 Å². The van der Waals surface area contributed by atoms with Crippen molar-refractivity contribution in [3.05, 3.63) is 58.7 Å². The van der Waals surface area contributed by atoms with Crippen LogP contribution in [-0.4, -0.2) is 0 Å². The highest BCUT2D eigenvalue weighted by Crippen LogP contribution is 2.35. The molecule has 202 valence electrons. The lowest BCUT2D eigenvalue weighted by molar-refractivity contribution is 0.632. The van der Waals surface area contributed by atoms with Gasteiger partial charge in [-0.15, -0.1) is 0 Å². The van der Waals surface area contributed by atoms with Crippen molar-refractivity contribution in [2.24, 2.45) is 0 Å². The first-order valence-electron chi connectivity index (χ1n) is 16.0.